The second kappa shape index (κ2) is 8.89. The van der Waals surface area contributed by atoms with Gasteiger partial charge < -0.3 is 15.5 Å². The predicted molar refractivity (Wildman–Crippen MR) is 80.1 cm³/mol. The standard InChI is InChI=1S/C15H33N3/c1-13(2)18(4)11-10-16-14(3)12-15-8-6-5-7-9-17-15/h13-17H,5-12H2,1-4H3. The Balaban J connectivity index is 2.10. The van der Waals surface area contributed by atoms with E-state index in [1.807, 2.05) is 0 Å². The maximum atomic E-state index is 3.68. The summed E-state index contributed by atoms with van der Waals surface area (Å²) in [4.78, 5) is 2.39. The van der Waals surface area contributed by atoms with Crippen LogP contribution in [0, 0.1) is 0 Å². The number of hydrogen-bond donors (Lipinski definition) is 2. The molecule has 0 saturated carbocycles. The summed E-state index contributed by atoms with van der Waals surface area (Å²) in [7, 11) is 2.20. The van der Waals surface area contributed by atoms with E-state index in [4.69, 9.17) is 0 Å². The molecule has 108 valence electrons. The van der Waals surface area contributed by atoms with Crippen LogP contribution in [0.5, 0.6) is 0 Å². The van der Waals surface area contributed by atoms with Gasteiger partial charge in [-0.05, 0) is 53.6 Å². The molecule has 0 aromatic heterocycles. The highest BCUT2D eigenvalue weighted by Crippen LogP contribution is 2.12. The molecule has 1 aliphatic heterocycles. The Hall–Kier alpha value is -0.120. The Morgan fingerprint density at radius 2 is 2.00 bits per heavy atom. The Bertz CT molecular complexity index is 198. The van der Waals surface area contributed by atoms with Crippen LogP contribution in [0.25, 0.3) is 0 Å². The minimum absolute atomic E-state index is 0.626. The highest BCUT2D eigenvalue weighted by molar-refractivity contribution is 4.76. The Morgan fingerprint density at radius 1 is 1.22 bits per heavy atom. The number of nitrogens with zero attached hydrogens (tertiary/aromatic N) is 1. The fourth-order valence-corrected chi connectivity index (χ4v) is 2.56. The first-order valence-electron chi connectivity index (χ1n) is 7.76. The number of nitrogens with one attached hydrogen (secondary N) is 2. The molecule has 3 nitrogen and oxygen atoms in total. The van der Waals surface area contributed by atoms with E-state index in [2.05, 4.69) is 43.4 Å². The molecule has 1 heterocycles. The minimum atomic E-state index is 0.626. The van der Waals surface area contributed by atoms with Gasteiger partial charge in [0.1, 0.15) is 0 Å². The highest BCUT2D eigenvalue weighted by Gasteiger charge is 2.14. The van der Waals surface area contributed by atoms with E-state index < -0.39 is 0 Å². The molecule has 0 aliphatic carbocycles. The maximum absolute atomic E-state index is 3.68. The maximum Gasteiger partial charge on any atom is 0.0107 e. The van der Waals surface area contributed by atoms with E-state index in [0.717, 1.165) is 19.1 Å². The van der Waals surface area contributed by atoms with Crippen LogP contribution < -0.4 is 10.6 Å². The molecule has 1 fully saturated rings. The normalized spacial score (nSPS) is 23.3. The molecule has 0 aromatic rings. The quantitative estimate of drug-likeness (QED) is 0.730. The van der Waals surface area contributed by atoms with E-state index in [1.54, 1.807) is 0 Å². The smallest absolute Gasteiger partial charge is 0.0107 e. The molecule has 2 atom stereocenters. The first-order valence-corrected chi connectivity index (χ1v) is 7.76. The lowest BCUT2D eigenvalue weighted by Gasteiger charge is -2.24. The zero-order chi connectivity index (χ0) is 13.4. The second-order valence-electron chi connectivity index (χ2n) is 6.17. The van der Waals surface area contributed by atoms with E-state index in [9.17, 15) is 0 Å². The summed E-state index contributed by atoms with van der Waals surface area (Å²) in [5.74, 6) is 0. The zero-order valence-corrected chi connectivity index (χ0v) is 12.8. The largest absolute Gasteiger partial charge is 0.314 e. The van der Waals surface area contributed by atoms with E-state index in [0.29, 0.717) is 12.1 Å². The molecule has 2 unspecified atom stereocenters. The monoisotopic (exact) mass is 255 g/mol. The molecule has 0 aromatic carbocycles. The molecule has 3 heteroatoms. The third kappa shape index (κ3) is 6.72. The van der Waals surface area contributed by atoms with Gasteiger partial charge in [-0.1, -0.05) is 12.8 Å². The van der Waals surface area contributed by atoms with E-state index in [-0.39, 0.29) is 0 Å². The summed E-state index contributed by atoms with van der Waals surface area (Å²) in [5, 5.41) is 7.33. The van der Waals surface area contributed by atoms with Crippen LogP contribution >= 0.6 is 0 Å². The van der Waals surface area contributed by atoms with Crippen LogP contribution in [-0.4, -0.2) is 49.7 Å². The topological polar surface area (TPSA) is 27.3 Å². The number of likely N-dealkylation sites (N-methyl/N-ethyl adjacent to an activating group) is 1. The SMILES string of the molecule is CC(CC1CCCCCN1)NCCN(C)C(C)C. The molecule has 0 amide bonds. The van der Waals surface area contributed by atoms with Crippen LogP contribution in [0.4, 0.5) is 0 Å². The van der Waals surface area contributed by atoms with Gasteiger partial charge in [-0.2, -0.15) is 0 Å². The Kier molecular flexibility index (Phi) is 7.87. The number of hydrogen-bond acceptors (Lipinski definition) is 3. The summed E-state index contributed by atoms with van der Waals surface area (Å²) in [5.41, 5.74) is 0. The fourth-order valence-electron chi connectivity index (χ4n) is 2.56. The van der Waals surface area contributed by atoms with Crippen LogP contribution in [0.1, 0.15) is 52.9 Å². The zero-order valence-electron chi connectivity index (χ0n) is 12.8. The summed E-state index contributed by atoms with van der Waals surface area (Å²) < 4.78 is 0. The van der Waals surface area contributed by atoms with Crippen LogP contribution in [0.15, 0.2) is 0 Å². The fraction of sp³-hybridized carbons (Fsp3) is 1.00. The molecule has 18 heavy (non-hydrogen) atoms. The van der Waals surface area contributed by atoms with E-state index in [1.165, 1.54) is 38.6 Å². The van der Waals surface area contributed by atoms with Gasteiger partial charge in [-0.15, -0.1) is 0 Å². The van der Waals surface area contributed by atoms with Crippen molar-refractivity contribution in [2.45, 2.75) is 71.0 Å². The molecule has 1 saturated heterocycles. The van der Waals surface area contributed by atoms with Gasteiger partial charge in [-0.25, -0.2) is 0 Å². The Morgan fingerprint density at radius 3 is 2.72 bits per heavy atom. The van der Waals surface area contributed by atoms with Crippen molar-refractivity contribution >= 4 is 0 Å². The van der Waals surface area contributed by atoms with Crippen molar-refractivity contribution in [1.29, 1.82) is 0 Å². The highest BCUT2D eigenvalue weighted by atomic mass is 15.1. The van der Waals surface area contributed by atoms with Crippen molar-refractivity contribution in [3.05, 3.63) is 0 Å². The first-order chi connectivity index (χ1) is 8.59. The average Bonchev–Trinajstić information content (AvgIpc) is 2.57. The summed E-state index contributed by atoms with van der Waals surface area (Å²) in [6, 6.07) is 2.00. The molecular weight excluding hydrogens is 222 g/mol. The van der Waals surface area contributed by atoms with Crippen LogP contribution in [-0.2, 0) is 0 Å². The van der Waals surface area contributed by atoms with Gasteiger partial charge >= 0.3 is 0 Å². The lowest BCUT2D eigenvalue weighted by molar-refractivity contribution is 0.266. The minimum Gasteiger partial charge on any atom is -0.314 e. The van der Waals surface area contributed by atoms with Crippen molar-refractivity contribution in [3.8, 4) is 0 Å². The number of rotatable bonds is 7. The molecule has 1 rings (SSSR count). The van der Waals surface area contributed by atoms with Crippen molar-refractivity contribution in [3.63, 3.8) is 0 Å². The van der Waals surface area contributed by atoms with Gasteiger partial charge in [0.2, 0.25) is 0 Å². The lowest BCUT2D eigenvalue weighted by Crippen LogP contribution is -2.40. The molecule has 1 aliphatic rings. The molecular formula is C15H33N3. The van der Waals surface area contributed by atoms with Crippen molar-refractivity contribution in [1.82, 2.24) is 15.5 Å². The van der Waals surface area contributed by atoms with Crippen LogP contribution in [0.3, 0.4) is 0 Å². The van der Waals surface area contributed by atoms with Gasteiger partial charge in [0.15, 0.2) is 0 Å². The van der Waals surface area contributed by atoms with Crippen LogP contribution in [0.2, 0.25) is 0 Å². The molecule has 2 N–H and O–H groups in total. The molecule has 0 bridgehead atoms. The lowest BCUT2D eigenvalue weighted by atomic mass is 10.0. The van der Waals surface area contributed by atoms with Gasteiger partial charge in [-0.3, -0.25) is 0 Å². The summed E-state index contributed by atoms with van der Waals surface area (Å²) in [6.07, 6.45) is 6.80. The third-order valence-electron chi connectivity index (χ3n) is 4.14. The third-order valence-corrected chi connectivity index (χ3v) is 4.14. The molecule has 0 spiro atoms. The second-order valence-corrected chi connectivity index (χ2v) is 6.17. The van der Waals surface area contributed by atoms with Crippen molar-refractivity contribution in [2.24, 2.45) is 0 Å². The van der Waals surface area contributed by atoms with Crippen molar-refractivity contribution in [2.75, 3.05) is 26.7 Å². The van der Waals surface area contributed by atoms with Gasteiger partial charge in [0.05, 0.1) is 0 Å². The molecule has 0 radical (unpaired) electrons. The summed E-state index contributed by atoms with van der Waals surface area (Å²) >= 11 is 0. The van der Waals surface area contributed by atoms with Crippen molar-refractivity contribution < 1.29 is 0 Å². The van der Waals surface area contributed by atoms with Gasteiger partial charge in [0, 0.05) is 31.2 Å². The Labute approximate surface area is 114 Å². The average molecular weight is 255 g/mol. The predicted octanol–water partition coefficient (Wildman–Crippen LogP) is 2.23. The first kappa shape index (κ1) is 15.9. The van der Waals surface area contributed by atoms with E-state index >= 15 is 0 Å². The summed E-state index contributed by atoms with van der Waals surface area (Å²) in [6.45, 7) is 10.3. The van der Waals surface area contributed by atoms with Gasteiger partial charge in [0.25, 0.3) is 0 Å².